The van der Waals surface area contributed by atoms with Crippen molar-refractivity contribution < 1.29 is 9.84 Å². The molecule has 4 rings (SSSR count). The summed E-state index contributed by atoms with van der Waals surface area (Å²) in [5.41, 5.74) is 0.0643. The predicted molar refractivity (Wildman–Crippen MR) is 89.2 cm³/mol. The SMILES string of the molecule is Cc1nnc2ccc(N3CC(N(C)CC4(O)CCCOC4)C3)nn12. The van der Waals surface area contributed by atoms with E-state index in [4.69, 9.17) is 4.74 Å². The fourth-order valence-electron chi connectivity index (χ4n) is 3.53. The summed E-state index contributed by atoms with van der Waals surface area (Å²) in [6.45, 7) is 5.58. The Morgan fingerprint density at radius 3 is 2.96 bits per heavy atom. The molecule has 2 aromatic heterocycles. The Labute approximate surface area is 141 Å². The average Bonchev–Trinajstić information content (AvgIpc) is 2.87. The lowest BCUT2D eigenvalue weighted by Crippen LogP contribution is -2.62. The third-order valence-corrected chi connectivity index (χ3v) is 5.06. The van der Waals surface area contributed by atoms with Crippen molar-refractivity contribution in [1.29, 1.82) is 0 Å². The highest BCUT2D eigenvalue weighted by Gasteiger charge is 2.37. The van der Waals surface area contributed by atoms with Crippen LogP contribution in [-0.2, 0) is 4.74 Å². The quantitative estimate of drug-likeness (QED) is 0.850. The Kier molecular flexibility index (Phi) is 3.90. The van der Waals surface area contributed by atoms with E-state index in [1.807, 2.05) is 19.1 Å². The van der Waals surface area contributed by atoms with E-state index < -0.39 is 5.60 Å². The van der Waals surface area contributed by atoms with E-state index in [0.717, 1.165) is 49.8 Å². The van der Waals surface area contributed by atoms with E-state index >= 15 is 0 Å². The molecule has 130 valence electrons. The van der Waals surface area contributed by atoms with Crippen molar-refractivity contribution >= 4 is 11.5 Å². The maximum atomic E-state index is 10.6. The number of aryl methyl sites for hydroxylation is 1. The van der Waals surface area contributed by atoms with Crippen LogP contribution in [0.2, 0.25) is 0 Å². The Morgan fingerprint density at radius 1 is 1.38 bits per heavy atom. The van der Waals surface area contributed by atoms with Gasteiger partial charge in [-0.15, -0.1) is 15.3 Å². The zero-order chi connectivity index (χ0) is 16.7. The van der Waals surface area contributed by atoms with Crippen molar-refractivity contribution in [1.82, 2.24) is 24.7 Å². The topological polar surface area (TPSA) is 79.0 Å². The van der Waals surface area contributed by atoms with Crippen LogP contribution in [0.5, 0.6) is 0 Å². The van der Waals surface area contributed by atoms with E-state index in [9.17, 15) is 5.11 Å². The van der Waals surface area contributed by atoms with E-state index in [0.29, 0.717) is 19.2 Å². The summed E-state index contributed by atoms with van der Waals surface area (Å²) >= 11 is 0. The van der Waals surface area contributed by atoms with Crippen LogP contribution in [0.1, 0.15) is 18.7 Å². The summed E-state index contributed by atoms with van der Waals surface area (Å²) in [6, 6.07) is 4.36. The molecule has 8 nitrogen and oxygen atoms in total. The number of hydrogen-bond acceptors (Lipinski definition) is 7. The number of aliphatic hydroxyl groups is 1. The zero-order valence-electron chi connectivity index (χ0n) is 14.2. The summed E-state index contributed by atoms with van der Waals surface area (Å²) in [5.74, 6) is 1.73. The molecule has 0 aliphatic carbocycles. The molecule has 1 atom stereocenters. The lowest BCUT2D eigenvalue weighted by molar-refractivity contribution is -0.102. The van der Waals surface area contributed by atoms with Crippen molar-refractivity contribution in [3.8, 4) is 0 Å². The number of anilines is 1. The molecule has 1 unspecified atom stereocenters. The number of fused-ring (bicyclic) bond motifs is 1. The molecule has 0 spiro atoms. The number of rotatable bonds is 4. The first kappa shape index (κ1) is 15.7. The normalized spacial score (nSPS) is 25.4. The molecule has 0 bridgehead atoms. The van der Waals surface area contributed by atoms with Crippen LogP contribution < -0.4 is 4.90 Å². The van der Waals surface area contributed by atoms with Crippen LogP contribution in [-0.4, -0.2) is 81.4 Å². The van der Waals surface area contributed by atoms with E-state index in [2.05, 4.69) is 32.1 Å². The lowest BCUT2D eigenvalue weighted by Gasteiger charge is -2.47. The van der Waals surface area contributed by atoms with E-state index in [1.54, 1.807) is 4.52 Å². The molecule has 2 aliphatic heterocycles. The van der Waals surface area contributed by atoms with Crippen LogP contribution in [0, 0.1) is 6.92 Å². The van der Waals surface area contributed by atoms with Gasteiger partial charge in [-0.25, -0.2) is 0 Å². The number of hydrogen-bond donors (Lipinski definition) is 1. The maximum Gasteiger partial charge on any atom is 0.178 e. The molecule has 2 saturated heterocycles. The molecule has 1 N–H and O–H groups in total. The Balaban J connectivity index is 1.37. The van der Waals surface area contributed by atoms with Crippen molar-refractivity contribution in [2.45, 2.75) is 31.4 Å². The molecule has 2 aromatic rings. The Morgan fingerprint density at radius 2 is 2.21 bits per heavy atom. The fraction of sp³-hybridized carbons (Fsp3) is 0.688. The smallest absolute Gasteiger partial charge is 0.178 e. The van der Waals surface area contributed by atoms with Gasteiger partial charge in [0.2, 0.25) is 0 Å². The molecule has 4 heterocycles. The first-order chi connectivity index (χ1) is 11.5. The molecule has 0 aromatic carbocycles. The van der Waals surface area contributed by atoms with Gasteiger partial charge in [0.1, 0.15) is 11.4 Å². The summed E-state index contributed by atoms with van der Waals surface area (Å²) in [6.07, 6.45) is 1.75. The third-order valence-electron chi connectivity index (χ3n) is 5.06. The number of aromatic nitrogens is 4. The maximum absolute atomic E-state index is 10.6. The van der Waals surface area contributed by atoms with Gasteiger partial charge in [-0.1, -0.05) is 0 Å². The minimum absolute atomic E-state index is 0.426. The molecule has 0 amide bonds. The predicted octanol–water partition coefficient (Wildman–Crippen LogP) is 0.0946. The van der Waals surface area contributed by atoms with Gasteiger partial charge in [0, 0.05) is 32.3 Å². The number of likely N-dealkylation sites (N-methyl/N-ethyl adjacent to an activating group) is 1. The van der Waals surface area contributed by atoms with E-state index in [-0.39, 0.29) is 0 Å². The first-order valence-corrected chi connectivity index (χ1v) is 8.48. The van der Waals surface area contributed by atoms with Crippen LogP contribution in [0.3, 0.4) is 0 Å². The van der Waals surface area contributed by atoms with Crippen LogP contribution in [0.25, 0.3) is 5.65 Å². The molecule has 0 saturated carbocycles. The molecule has 24 heavy (non-hydrogen) atoms. The molecule has 2 fully saturated rings. The summed E-state index contributed by atoms with van der Waals surface area (Å²) < 4.78 is 7.21. The van der Waals surface area contributed by atoms with Gasteiger partial charge in [0.05, 0.1) is 6.61 Å². The largest absolute Gasteiger partial charge is 0.386 e. The molecule has 8 heteroatoms. The molecular formula is C16H24N6O2. The van der Waals surface area contributed by atoms with Crippen LogP contribution in [0.15, 0.2) is 12.1 Å². The first-order valence-electron chi connectivity index (χ1n) is 8.48. The monoisotopic (exact) mass is 332 g/mol. The average molecular weight is 332 g/mol. The number of nitrogens with zero attached hydrogens (tertiary/aromatic N) is 6. The highest BCUT2D eigenvalue weighted by atomic mass is 16.5. The highest BCUT2D eigenvalue weighted by molar-refractivity contribution is 5.47. The van der Waals surface area contributed by atoms with Gasteiger partial charge in [-0.05, 0) is 38.9 Å². The Hall–Kier alpha value is -1.77. The molecule has 2 aliphatic rings. The van der Waals surface area contributed by atoms with Gasteiger partial charge in [0.25, 0.3) is 0 Å². The van der Waals surface area contributed by atoms with E-state index in [1.165, 1.54) is 0 Å². The fourth-order valence-corrected chi connectivity index (χ4v) is 3.53. The van der Waals surface area contributed by atoms with Gasteiger partial charge < -0.3 is 14.7 Å². The summed E-state index contributed by atoms with van der Waals surface area (Å²) in [4.78, 5) is 4.48. The highest BCUT2D eigenvalue weighted by Crippen LogP contribution is 2.25. The van der Waals surface area contributed by atoms with Gasteiger partial charge in [0.15, 0.2) is 11.5 Å². The summed E-state index contributed by atoms with van der Waals surface area (Å²) in [5, 5.41) is 23.3. The summed E-state index contributed by atoms with van der Waals surface area (Å²) in [7, 11) is 2.08. The second-order valence-corrected chi connectivity index (χ2v) is 7.06. The van der Waals surface area contributed by atoms with Gasteiger partial charge in [-0.2, -0.15) is 4.52 Å². The van der Waals surface area contributed by atoms with Crippen molar-refractivity contribution in [3.63, 3.8) is 0 Å². The molecular weight excluding hydrogens is 308 g/mol. The molecule has 0 radical (unpaired) electrons. The Bertz CT molecular complexity index is 720. The minimum atomic E-state index is -0.704. The third kappa shape index (κ3) is 2.85. The standard InChI is InChI=1S/C16H24N6O2/c1-12-17-18-14-4-5-15(19-22(12)14)21-8-13(9-21)20(2)10-16(23)6-3-7-24-11-16/h4-5,13,23H,3,6-11H2,1-2H3. The van der Waals surface area contributed by atoms with Gasteiger partial charge >= 0.3 is 0 Å². The van der Waals surface area contributed by atoms with Crippen LogP contribution in [0.4, 0.5) is 5.82 Å². The van der Waals surface area contributed by atoms with Crippen molar-refractivity contribution in [2.24, 2.45) is 0 Å². The second-order valence-electron chi connectivity index (χ2n) is 7.06. The van der Waals surface area contributed by atoms with Crippen LogP contribution >= 0.6 is 0 Å². The van der Waals surface area contributed by atoms with Crippen molar-refractivity contribution in [3.05, 3.63) is 18.0 Å². The van der Waals surface area contributed by atoms with Gasteiger partial charge in [-0.3, -0.25) is 4.90 Å². The zero-order valence-corrected chi connectivity index (χ0v) is 14.2. The lowest BCUT2D eigenvalue weighted by atomic mass is 9.95. The second kappa shape index (κ2) is 5.94. The van der Waals surface area contributed by atoms with Crippen molar-refractivity contribution in [2.75, 3.05) is 44.8 Å². The minimum Gasteiger partial charge on any atom is -0.386 e. The number of ether oxygens (including phenoxy) is 1.